The van der Waals surface area contributed by atoms with Crippen molar-refractivity contribution in [3.63, 3.8) is 0 Å². The van der Waals surface area contributed by atoms with Gasteiger partial charge in [-0.15, -0.1) is 0 Å². The van der Waals surface area contributed by atoms with Gasteiger partial charge in [0.05, 0.1) is 0 Å². The average molecular weight is 261 g/mol. The minimum absolute atomic E-state index is 0.0162. The molecule has 4 heteroatoms. The van der Waals surface area contributed by atoms with Crippen LogP contribution in [0.1, 0.15) is 18.0 Å². The molecule has 1 aromatic rings. The summed E-state index contributed by atoms with van der Waals surface area (Å²) in [5, 5.41) is 3.05. The summed E-state index contributed by atoms with van der Waals surface area (Å²) in [4.78, 5) is 0. The molecule has 0 radical (unpaired) electrons. The zero-order valence-electron chi connectivity index (χ0n) is 8.06. The smallest absolute Gasteiger partial charge is 0.128 e. The molecule has 0 aliphatic carbocycles. The molecule has 0 saturated carbocycles. The first-order valence-electron chi connectivity index (χ1n) is 4.51. The van der Waals surface area contributed by atoms with Gasteiger partial charge in [0.15, 0.2) is 0 Å². The van der Waals surface area contributed by atoms with Crippen molar-refractivity contribution in [3.05, 3.63) is 34.1 Å². The third kappa shape index (κ3) is 2.77. The van der Waals surface area contributed by atoms with Crippen LogP contribution in [0.4, 0.5) is 4.39 Å². The highest BCUT2D eigenvalue weighted by Crippen LogP contribution is 2.23. The summed E-state index contributed by atoms with van der Waals surface area (Å²) < 4.78 is 14.3. The summed E-state index contributed by atoms with van der Waals surface area (Å²) in [5.74, 6) is -0.194. The Bertz CT molecular complexity index is 304. The average Bonchev–Trinajstić information content (AvgIpc) is 2.18. The van der Waals surface area contributed by atoms with Crippen LogP contribution in [-0.2, 0) is 0 Å². The van der Waals surface area contributed by atoms with E-state index in [0.29, 0.717) is 12.1 Å². The Kier molecular flexibility index (Phi) is 4.51. The van der Waals surface area contributed by atoms with Crippen LogP contribution in [0.3, 0.4) is 0 Å². The normalized spacial score (nSPS) is 12.9. The summed E-state index contributed by atoms with van der Waals surface area (Å²) >= 11 is 3.32. The zero-order valence-corrected chi connectivity index (χ0v) is 9.64. The number of hydrogen-bond donors (Lipinski definition) is 2. The van der Waals surface area contributed by atoms with E-state index in [1.165, 1.54) is 6.07 Å². The summed E-state index contributed by atoms with van der Waals surface area (Å²) in [6, 6.07) is 4.91. The molecule has 0 heterocycles. The highest BCUT2D eigenvalue weighted by molar-refractivity contribution is 9.10. The highest BCUT2D eigenvalue weighted by Gasteiger charge is 2.13. The minimum atomic E-state index is -0.194. The molecular weight excluding hydrogens is 247 g/mol. The summed E-state index contributed by atoms with van der Waals surface area (Å²) in [6.07, 6.45) is 0.726. The SMILES string of the molecule is CNC(CCN)c1cc(Br)ccc1F. The quantitative estimate of drug-likeness (QED) is 0.872. The molecule has 0 saturated heterocycles. The van der Waals surface area contributed by atoms with Gasteiger partial charge in [0.1, 0.15) is 5.82 Å². The van der Waals surface area contributed by atoms with Gasteiger partial charge in [-0.1, -0.05) is 15.9 Å². The van der Waals surface area contributed by atoms with Gasteiger partial charge < -0.3 is 11.1 Å². The second kappa shape index (κ2) is 5.44. The monoisotopic (exact) mass is 260 g/mol. The molecule has 1 aromatic carbocycles. The van der Waals surface area contributed by atoms with E-state index in [2.05, 4.69) is 21.2 Å². The molecule has 0 spiro atoms. The first kappa shape index (κ1) is 11.6. The minimum Gasteiger partial charge on any atom is -0.330 e. The zero-order chi connectivity index (χ0) is 10.6. The van der Waals surface area contributed by atoms with E-state index in [4.69, 9.17) is 5.73 Å². The molecule has 0 aliphatic heterocycles. The van der Waals surface area contributed by atoms with Crippen LogP contribution in [0, 0.1) is 5.82 Å². The lowest BCUT2D eigenvalue weighted by Crippen LogP contribution is -2.20. The number of nitrogens with two attached hydrogens (primary N) is 1. The van der Waals surface area contributed by atoms with Crippen LogP contribution >= 0.6 is 15.9 Å². The second-order valence-corrected chi connectivity index (χ2v) is 4.00. The van der Waals surface area contributed by atoms with Crippen molar-refractivity contribution in [1.29, 1.82) is 0 Å². The predicted molar refractivity (Wildman–Crippen MR) is 59.6 cm³/mol. The van der Waals surface area contributed by atoms with E-state index in [-0.39, 0.29) is 11.9 Å². The molecule has 1 atom stereocenters. The van der Waals surface area contributed by atoms with Crippen molar-refractivity contribution < 1.29 is 4.39 Å². The first-order chi connectivity index (χ1) is 6.69. The van der Waals surface area contributed by atoms with Crippen molar-refractivity contribution in [2.75, 3.05) is 13.6 Å². The number of benzene rings is 1. The fourth-order valence-electron chi connectivity index (χ4n) is 1.40. The lowest BCUT2D eigenvalue weighted by Gasteiger charge is -2.16. The lowest BCUT2D eigenvalue weighted by atomic mass is 10.0. The van der Waals surface area contributed by atoms with E-state index in [1.807, 2.05) is 0 Å². The molecule has 2 nitrogen and oxygen atoms in total. The predicted octanol–water partition coefficient (Wildman–Crippen LogP) is 2.20. The molecule has 0 aromatic heterocycles. The van der Waals surface area contributed by atoms with E-state index in [1.54, 1.807) is 19.2 Å². The maximum Gasteiger partial charge on any atom is 0.128 e. The summed E-state index contributed by atoms with van der Waals surface area (Å²) in [7, 11) is 1.81. The summed E-state index contributed by atoms with van der Waals surface area (Å²) in [5.41, 5.74) is 6.12. The van der Waals surface area contributed by atoms with E-state index < -0.39 is 0 Å². The third-order valence-electron chi connectivity index (χ3n) is 2.14. The van der Waals surface area contributed by atoms with Gasteiger partial charge >= 0.3 is 0 Å². The first-order valence-corrected chi connectivity index (χ1v) is 5.30. The fraction of sp³-hybridized carbons (Fsp3) is 0.400. The van der Waals surface area contributed by atoms with Crippen LogP contribution in [-0.4, -0.2) is 13.6 Å². The molecule has 0 aliphatic rings. The van der Waals surface area contributed by atoms with Crippen molar-refractivity contribution in [2.45, 2.75) is 12.5 Å². The van der Waals surface area contributed by atoms with Gasteiger partial charge in [-0.05, 0) is 38.2 Å². The molecule has 14 heavy (non-hydrogen) atoms. The Labute approximate surface area is 91.8 Å². The molecule has 3 N–H and O–H groups in total. The van der Waals surface area contributed by atoms with Gasteiger partial charge in [-0.3, -0.25) is 0 Å². The second-order valence-electron chi connectivity index (χ2n) is 3.08. The molecular formula is C10H14BrFN2. The van der Waals surface area contributed by atoms with Crippen LogP contribution in [0.2, 0.25) is 0 Å². The third-order valence-corrected chi connectivity index (χ3v) is 2.63. The van der Waals surface area contributed by atoms with E-state index in [9.17, 15) is 4.39 Å². The number of nitrogens with one attached hydrogen (secondary N) is 1. The molecule has 1 unspecified atom stereocenters. The maximum atomic E-state index is 13.4. The lowest BCUT2D eigenvalue weighted by molar-refractivity contribution is 0.513. The Morgan fingerprint density at radius 2 is 2.29 bits per heavy atom. The Balaban J connectivity index is 2.96. The van der Waals surface area contributed by atoms with Gasteiger partial charge in [-0.2, -0.15) is 0 Å². The van der Waals surface area contributed by atoms with Gasteiger partial charge in [-0.25, -0.2) is 4.39 Å². The molecule has 78 valence electrons. The molecule has 0 bridgehead atoms. The van der Waals surface area contributed by atoms with Crippen LogP contribution in [0.15, 0.2) is 22.7 Å². The fourth-order valence-corrected chi connectivity index (χ4v) is 1.78. The van der Waals surface area contributed by atoms with Crippen LogP contribution in [0.25, 0.3) is 0 Å². The van der Waals surface area contributed by atoms with E-state index in [0.717, 1.165) is 10.9 Å². The van der Waals surface area contributed by atoms with Gasteiger partial charge in [0, 0.05) is 16.1 Å². The van der Waals surface area contributed by atoms with Gasteiger partial charge in [0.2, 0.25) is 0 Å². The van der Waals surface area contributed by atoms with Crippen molar-refractivity contribution in [1.82, 2.24) is 5.32 Å². The van der Waals surface area contributed by atoms with Crippen LogP contribution in [0.5, 0.6) is 0 Å². The van der Waals surface area contributed by atoms with Crippen LogP contribution < -0.4 is 11.1 Å². The summed E-state index contributed by atoms with van der Waals surface area (Å²) in [6.45, 7) is 0.539. The molecule has 0 amide bonds. The standard InChI is InChI=1S/C10H14BrFN2/c1-14-10(4-5-13)8-6-7(11)2-3-9(8)12/h2-3,6,10,14H,4-5,13H2,1H3. The number of rotatable bonds is 4. The topological polar surface area (TPSA) is 38.0 Å². The highest BCUT2D eigenvalue weighted by atomic mass is 79.9. The maximum absolute atomic E-state index is 13.4. The largest absolute Gasteiger partial charge is 0.330 e. The Morgan fingerprint density at radius 3 is 2.86 bits per heavy atom. The number of hydrogen-bond acceptors (Lipinski definition) is 2. The molecule has 1 rings (SSSR count). The van der Waals surface area contributed by atoms with Crippen molar-refractivity contribution in [3.8, 4) is 0 Å². The Hall–Kier alpha value is -0.450. The Morgan fingerprint density at radius 1 is 1.57 bits per heavy atom. The van der Waals surface area contributed by atoms with E-state index >= 15 is 0 Å². The van der Waals surface area contributed by atoms with Crippen molar-refractivity contribution >= 4 is 15.9 Å². The van der Waals surface area contributed by atoms with Gasteiger partial charge in [0.25, 0.3) is 0 Å². The molecule has 0 fully saturated rings. The van der Waals surface area contributed by atoms with Crippen molar-refractivity contribution in [2.24, 2.45) is 5.73 Å². The number of halogens is 2.